The highest BCUT2D eigenvalue weighted by Gasteiger charge is 2.15. The Bertz CT molecular complexity index is 738. The molecular formula is C19H21ClFNO4. The Morgan fingerprint density at radius 3 is 2.88 bits per heavy atom. The van der Waals surface area contributed by atoms with Crippen molar-refractivity contribution in [3.63, 3.8) is 0 Å². The second kappa shape index (κ2) is 8.68. The van der Waals surface area contributed by atoms with Crippen LogP contribution in [0.4, 0.5) is 4.39 Å². The highest BCUT2D eigenvalue weighted by Crippen LogP contribution is 2.32. The topological polar surface area (TPSA) is 51.2 Å². The molecule has 0 saturated carbocycles. The summed E-state index contributed by atoms with van der Waals surface area (Å²) in [4.78, 5) is 1.80. The molecule has 1 aliphatic heterocycles. The molecule has 2 aromatic rings. The van der Waals surface area contributed by atoms with Crippen LogP contribution in [0.25, 0.3) is 0 Å². The number of aliphatic hydroxyl groups is 1. The van der Waals surface area contributed by atoms with Crippen molar-refractivity contribution in [2.45, 2.75) is 19.3 Å². The van der Waals surface area contributed by atoms with Crippen LogP contribution in [0, 0.1) is 5.82 Å². The molecule has 1 heterocycles. The fourth-order valence-corrected chi connectivity index (χ4v) is 3.00. The number of nitrogens with zero attached hydrogens (tertiary/aromatic N) is 1. The van der Waals surface area contributed by atoms with Crippen molar-refractivity contribution in [2.24, 2.45) is 0 Å². The molecule has 1 N–H and O–H groups in total. The predicted octanol–water partition coefficient (Wildman–Crippen LogP) is 3.22. The molecule has 2 aromatic carbocycles. The van der Waals surface area contributed by atoms with Crippen molar-refractivity contribution >= 4 is 11.6 Å². The van der Waals surface area contributed by atoms with Crippen molar-refractivity contribution in [3.8, 4) is 11.5 Å². The molecule has 1 aliphatic rings. The van der Waals surface area contributed by atoms with E-state index in [2.05, 4.69) is 0 Å². The van der Waals surface area contributed by atoms with Crippen molar-refractivity contribution in [1.82, 2.24) is 4.90 Å². The van der Waals surface area contributed by atoms with Gasteiger partial charge in [-0.15, -0.1) is 0 Å². The first-order valence-corrected chi connectivity index (χ1v) is 8.66. The van der Waals surface area contributed by atoms with Crippen molar-refractivity contribution in [3.05, 3.63) is 58.4 Å². The van der Waals surface area contributed by atoms with Crippen LogP contribution in [-0.2, 0) is 17.9 Å². The molecule has 3 rings (SSSR count). The molecule has 7 heteroatoms. The lowest BCUT2D eigenvalue weighted by Gasteiger charge is -2.21. The molecule has 0 spiro atoms. The van der Waals surface area contributed by atoms with E-state index in [1.165, 1.54) is 6.07 Å². The number of hydrogen-bond acceptors (Lipinski definition) is 5. The first-order chi connectivity index (χ1) is 12.5. The van der Waals surface area contributed by atoms with Gasteiger partial charge < -0.3 is 19.3 Å². The van der Waals surface area contributed by atoms with Gasteiger partial charge in [-0.05, 0) is 36.9 Å². The second-order valence-electron chi connectivity index (χ2n) is 6.25. The number of hydrogen-bond donors (Lipinski definition) is 1. The van der Waals surface area contributed by atoms with E-state index < -0.39 is 6.10 Å². The SMILES string of the molecule is CN(Cc1c(F)cccc1Cl)C[C@@H](O)COCc1ccc2c(c1)OCO2. The summed E-state index contributed by atoms with van der Waals surface area (Å²) in [7, 11) is 1.80. The molecule has 0 aromatic heterocycles. The molecule has 0 saturated heterocycles. The summed E-state index contributed by atoms with van der Waals surface area (Å²) in [6.45, 7) is 1.41. The van der Waals surface area contributed by atoms with Crippen LogP contribution in [0.2, 0.25) is 5.02 Å². The Balaban J connectivity index is 1.43. The van der Waals surface area contributed by atoms with E-state index in [0.717, 1.165) is 11.3 Å². The summed E-state index contributed by atoms with van der Waals surface area (Å²) in [6, 6.07) is 10.2. The normalized spacial score (nSPS) is 14.0. The lowest BCUT2D eigenvalue weighted by molar-refractivity contribution is 0.0125. The highest BCUT2D eigenvalue weighted by atomic mass is 35.5. The van der Waals surface area contributed by atoms with E-state index in [4.69, 9.17) is 25.8 Å². The summed E-state index contributed by atoms with van der Waals surface area (Å²) in [5.41, 5.74) is 1.36. The fourth-order valence-electron chi connectivity index (χ4n) is 2.77. The van der Waals surface area contributed by atoms with Gasteiger partial charge in [-0.25, -0.2) is 4.39 Å². The first-order valence-electron chi connectivity index (χ1n) is 8.28. The van der Waals surface area contributed by atoms with E-state index in [0.29, 0.717) is 36.0 Å². The number of aliphatic hydroxyl groups excluding tert-OH is 1. The van der Waals surface area contributed by atoms with Gasteiger partial charge in [0.15, 0.2) is 11.5 Å². The van der Waals surface area contributed by atoms with Gasteiger partial charge in [-0.2, -0.15) is 0 Å². The smallest absolute Gasteiger partial charge is 0.231 e. The maximum atomic E-state index is 13.8. The zero-order valence-electron chi connectivity index (χ0n) is 14.5. The van der Waals surface area contributed by atoms with Gasteiger partial charge in [0.2, 0.25) is 6.79 Å². The lowest BCUT2D eigenvalue weighted by Crippen LogP contribution is -2.32. The van der Waals surface area contributed by atoms with Gasteiger partial charge in [0.1, 0.15) is 5.82 Å². The van der Waals surface area contributed by atoms with Gasteiger partial charge in [0.05, 0.1) is 19.3 Å². The zero-order chi connectivity index (χ0) is 18.5. The third kappa shape index (κ3) is 4.86. The number of ether oxygens (including phenoxy) is 3. The summed E-state index contributed by atoms with van der Waals surface area (Å²) in [5, 5.41) is 10.5. The Labute approximate surface area is 156 Å². The standard InChI is InChI=1S/C19H21ClFNO4/c1-22(9-15-16(20)3-2-4-17(15)21)8-14(23)11-24-10-13-5-6-18-19(7-13)26-12-25-18/h2-7,14,23H,8-12H2,1H3/t14-/m1/s1. The molecule has 0 unspecified atom stereocenters. The van der Waals surface area contributed by atoms with Crippen LogP contribution < -0.4 is 9.47 Å². The number of rotatable bonds is 8. The number of benzene rings is 2. The van der Waals surface area contributed by atoms with Crippen LogP contribution in [0.15, 0.2) is 36.4 Å². The van der Waals surface area contributed by atoms with Crippen molar-refractivity contribution < 1.29 is 23.7 Å². The minimum absolute atomic E-state index is 0.170. The predicted molar refractivity (Wildman–Crippen MR) is 96.0 cm³/mol. The minimum Gasteiger partial charge on any atom is -0.454 e. The van der Waals surface area contributed by atoms with Crippen molar-refractivity contribution in [1.29, 1.82) is 0 Å². The van der Waals surface area contributed by atoms with Gasteiger partial charge in [-0.1, -0.05) is 23.7 Å². The Morgan fingerprint density at radius 1 is 1.27 bits per heavy atom. The molecule has 0 fully saturated rings. The Hall–Kier alpha value is -1.86. The van der Waals surface area contributed by atoms with E-state index in [-0.39, 0.29) is 19.2 Å². The van der Waals surface area contributed by atoms with Crippen LogP contribution >= 0.6 is 11.6 Å². The van der Waals surface area contributed by atoms with Gasteiger partial charge in [0.25, 0.3) is 0 Å². The molecule has 0 bridgehead atoms. The van der Waals surface area contributed by atoms with Gasteiger partial charge in [-0.3, -0.25) is 4.90 Å². The van der Waals surface area contributed by atoms with Gasteiger partial charge in [0, 0.05) is 23.7 Å². The first kappa shape index (κ1) is 18.9. The molecule has 0 aliphatic carbocycles. The molecule has 140 valence electrons. The Morgan fingerprint density at radius 2 is 2.08 bits per heavy atom. The minimum atomic E-state index is -0.695. The maximum absolute atomic E-state index is 13.8. The van der Waals surface area contributed by atoms with Gasteiger partial charge >= 0.3 is 0 Å². The Kier molecular flexibility index (Phi) is 6.32. The maximum Gasteiger partial charge on any atom is 0.231 e. The van der Waals surface area contributed by atoms with Crippen molar-refractivity contribution in [2.75, 3.05) is 27.0 Å². The fraction of sp³-hybridized carbons (Fsp3) is 0.368. The molecule has 0 amide bonds. The van der Waals surface area contributed by atoms with Crippen LogP contribution in [0.1, 0.15) is 11.1 Å². The monoisotopic (exact) mass is 381 g/mol. The molecule has 1 atom stereocenters. The average Bonchev–Trinajstić information content (AvgIpc) is 3.06. The summed E-state index contributed by atoms with van der Waals surface area (Å²) >= 11 is 6.03. The average molecular weight is 382 g/mol. The summed E-state index contributed by atoms with van der Waals surface area (Å²) in [6.07, 6.45) is -0.695. The van der Waals surface area contributed by atoms with Crippen LogP contribution in [0.5, 0.6) is 11.5 Å². The zero-order valence-corrected chi connectivity index (χ0v) is 15.2. The quantitative estimate of drug-likeness (QED) is 0.761. The third-order valence-corrected chi connectivity index (χ3v) is 4.38. The number of fused-ring (bicyclic) bond motifs is 1. The van der Waals surface area contributed by atoms with Crippen LogP contribution in [-0.4, -0.2) is 43.1 Å². The molecule has 26 heavy (non-hydrogen) atoms. The van der Waals surface area contributed by atoms with E-state index in [9.17, 15) is 9.50 Å². The number of likely N-dealkylation sites (N-methyl/N-ethyl adjacent to an activating group) is 1. The third-order valence-electron chi connectivity index (χ3n) is 4.03. The largest absolute Gasteiger partial charge is 0.454 e. The molecular weight excluding hydrogens is 361 g/mol. The van der Waals surface area contributed by atoms with Crippen LogP contribution in [0.3, 0.4) is 0 Å². The van der Waals surface area contributed by atoms with E-state index >= 15 is 0 Å². The second-order valence-corrected chi connectivity index (χ2v) is 6.66. The molecule has 5 nitrogen and oxygen atoms in total. The summed E-state index contributed by atoms with van der Waals surface area (Å²) < 4.78 is 30.0. The number of halogens is 2. The highest BCUT2D eigenvalue weighted by molar-refractivity contribution is 6.31. The van der Waals surface area contributed by atoms with E-state index in [1.807, 2.05) is 18.2 Å². The van der Waals surface area contributed by atoms with E-state index in [1.54, 1.807) is 24.1 Å². The molecule has 0 radical (unpaired) electrons. The summed E-state index contributed by atoms with van der Waals surface area (Å²) in [5.74, 6) is 1.08. The lowest BCUT2D eigenvalue weighted by atomic mass is 10.2.